The molecule has 1 aromatic rings. The third kappa shape index (κ3) is 5.80. The molecule has 6 heteroatoms. The zero-order valence-corrected chi connectivity index (χ0v) is 17.9. The van der Waals surface area contributed by atoms with Gasteiger partial charge in [-0.2, -0.15) is 4.31 Å². The fraction of sp³-hybridized carbons (Fsp3) is 0.682. The number of hydrogen-bond acceptors (Lipinski definition) is 3. The first-order valence-corrected chi connectivity index (χ1v) is 12.3. The molecule has 1 saturated heterocycles. The number of hydrogen-bond donors (Lipinski definition) is 0. The summed E-state index contributed by atoms with van der Waals surface area (Å²) in [4.78, 5) is 14.9. The Morgan fingerprint density at radius 1 is 1.07 bits per heavy atom. The maximum atomic E-state index is 12.9. The minimum atomic E-state index is -3.40. The zero-order valence-electron chi connectivity index (χ0n) is 17.1. The molecule has 1 saturated carbocycles. The van der Waals surface area contributed by atoms with Crippen LogP contribution in [0.1, 0.15) is 63.9 Å². The van der Waals surface area contributed by atoms with Gasteiger partial charge in [-0.1, -0.05) is 31.9 Å². The highest BCUT2D eigenvalue weighted by atomic mass is 32.2. The van der Waals surface area contributed by atoms with E-state index in [1.807, 2.05) is 17.0 Å². The van der Waals surface area contributed by atoms with Crippen molar-refractivity contribution in [2.45, 2.75) is 69.6 Å². The van der Waals surface area contributed by atoms with Crippen LogP contribution in [0.4, 0.5) is 0 Å². The average molecular weight is 407 g/mol. The van der Waals surface area contributed by atoms with Gasteiger partial charge in [-0.25, -0.2) is 8.42 Å². The monoisotopic (exact) mass is 406 g/mol. The molecule has 0 bridgehead atoms. The molecule has 0 radical (unpaired) electrons. The number of rotatable bonds is 9. The predicted octanol–water partition coefficient (Wildman–Crippen LogP) is 3.83. The molecule has 28 heavy (non-hydrogen) atoms. The van der Waals surface area contributed by atoms with Gasteiger partial charge in [-0.15, -0.1) is 0 Å². The molecular formula is C22H34N2O3S. The molecule has 0 aromatic heterocycles. The first-order chi connectivity index (χ1) is 13.5. The van der Waals surface area contributed by atoms with Gasteiger partial charge in [0, 0.05) is 32.6 Å². The molecule has 1 aromatic carbocycles. The summed E-state index contributed by atoms with van der Waals surface area (Å²) in [6.45, 7) is 5.08. The van der Waals surface area contributed by atoms with Crippen LogP contribution in [0.25, 0.3) is 0 Å². The van der Waals surface area contributed by atoms with Gasteiger partial charge in [0.2, 0.25) is 15.9 Å². The molecule has 0 spiro atoms. The number of carbonyl (C=O) groups excluding carboxylic acids is 1. The van der Waals surface area contributed by atoms with Crippen LogP contribution in [0, 0.1) is 5.92 Å². The quantitative estimate of drug-likeness (QED) is 0.626. The molecule has 0 N–H and O–H groups in total. The van der Waals surface area contributed by atoms with Crippen molar-refractivity contribution in [3.05, 3.63) is 29.8 Å². The molecule has 0 unspecified atom stereocenters. The van der Waals surface area contributed by atoms with Crippen molar-refractivity contribution in [3.8, 4) is 0 Å². The summed E-state index contributed by atoms with van der Waals surface area (Å²) < 4.78 is 27.3. The minimum Gasteiger partial charge on any atom is -0.342 e. The molecule has 1 aliphatic heterocycles. The molecule has 156 valence electrons. The summed E-state index contributed by atoms with van der Waals surface area (Å²) in [5.41, 5.74) is 1.02. The Hall–Kier alpha value is -1.40. The van der Waals surface area contributed by atoms with Gasteiger partial charge >= 0.3 is 0 Å². The lowest BCUT2D eigenvalue weighted by Gasteiger charge is -2.22. The topological polar surface area (TPSA) is 57.7 Å². The van der Waals surface area contributed by atoms with Gasteiger partial charge < -0.3 is 4.90 Å². The molecule has 2 aliphatic rings. The fourth-order valence-corrected chi connectivity index (χ4v) is 5.39. The number of carbonyl (C=O) groups is 1. The van der Waals surface area contributed by atoms with E-state index in [0.717, 1.165) is 50.8 Å². The second kappa shape index (κ2) is 9.88. The van der Waals surface area contributed by atoms with Crippen molar-refractivity contribution in [2.24, 2.45) is 5.92 Å². The zero-order chi connectivity index (χ0) is 20.0. The average Bonchev–Trinajstić information content (AvgIpc) is 3.53. The van der Waals surface area contributed by atoms with E-state index in [0.29, 0.717) is 36.7 Å². The van der Waals surface area contributed by atoms with Gasteiger partial charge in [-0.05, 0) is 62.1 Å². The molecule has 1 amide bonds. The summed E-state index contributed by atoms with van der Waals surface area (Å²) in [7, 11) is -3.40. The Morgan fingerprint density at radius 2 is 1.71 bits per heavy atom. The largest absolute Gasteiger partial charge is 0.342 e. The second-order valence-electron chi connectivity index (χ2n) is 8.25. The van der Waals surface area contributed by atoms with Crippen molar-refractivity contribution >= 4 is 15.9 Å². The summed E-state index contributed by atoms with van der Waals surface area (Å²) in [6, 6.07) is 7.13. The number of amides is 1. The van der Waals surface area contributed by atoms with Crippen molar-refractivity contribution in [1.29, 1.82) is 0 Å². The Morgan fingerprint density at radius 3 is 2.29 bits per heavy atom. The van der Waals surface area contributed by atoms with Gasteiger partial charge in [0.1, 0.15) is 0 Å². The second-order valence-corrected chi connectivity index (χ2v) is 10.2. The van der Waals surface area contributed by atoms with Gasteiger partial charge in [0.05, 0.1) is 4.90 Å². The predicted molar refractivity (Wildman–Crippen MR) is 112 cm³/mol. The third-order valence-electron chi connectivity index (χ3n) is 5.78. The summed E-state index contributed by atoms with van der Waals surface area (Å²) in [5, 5.41) is 0. The molecule has 3 rings (SSSR count). The summed E-state index contributed by atoms with van der Waals surface area (Å²) >= 11 is 0. The standard InChI is InChI=1S/C22H34N2O3S/c1-2-15-23(18-20-7-8-20)22(25)14-11-19-9-12-21(13-10-19)28(26,27)24-16-5-3-4-6-17-24/h9-10,12-13,20H,2-8,11,14-18H2,1H3. The molecular weight excluding hydrogens is 372 g/mol. The molecule has 0 atom stereocenters. The van der Waals surface area contributed by atoms with E-state index in [9.17, 15) is 13.2 Å². The van der Waals surface area contributed by atoms with Gasteiger partial charge in [-0.3, -0.25) is 4.79 Å². The summed E-state index contributed by atoms with van der Waals surface area (Å²) in [5.74, 6) is 0.925. The van der Waals surface area contributed by atoms with Gasteiger partial charge in [0.25, 0.3) is 0 Å². The lowest BCUT2D eigenvalue weighted by atomic mass is 10.1. The highest BCUT2D eigenvalue weighted by molar-refractivity contribution is 7.89. The normalized spacial score (nSPS) is 18.6. The first-order valence-electron chi connectivity index (χ1n) is 10.9. The van der Waals surface area contributed by atoms with E-state index in [4.69, 9.17) is 0 Å². The smallest absolute Gasteiger partial charge is 0.243 e. The third-order valence-corrected chi connectivity index (χ3v) is 7.69. The van der Waals surface area contributed by atoms with Crippen molar-refractivity contribution in [1.82, 2.24) is 9.21 Å². The highest BCUT2D eigenvalue weighted by Crippen LogP contribution is 2.30. The highest BCUT2D eigenvalue weighted by Gasteiger charge is 2.27. The Balaban J connectivity index is 1.56. The van der Waals surface area contributed by atoms with Crippen molar-refractivity contribution in [3.63, 3.8) is 0 Å². The summed E-state index contributed by atoms with van der Waals surface area (Å²) in [6.07, 6.45) is 8.73. The number of sulfonamides is 1. The van der Waals surface area contributed by atoms with E-state index < -0.39 is 10.0 Å². The maximum absolute atomic E-state index is 12.9. The maximum Gasteiger partial charge on any atom is 0.243 e. The van der Waals surface area contributed by atoms with Crippen LogP contribution in [0.15, 0.2) is 29.2 Å². The van der Waals surface area contributed by atoms with Crippen LogP contribution in [0.2, 0.25) is 0 Å². The van der Waals surface area contributed by atoms with Crippen molar-refractivity contribution < 1.29 is 13.2 Å². The molecule has 1 heterocycles. The lowest BCUT2D eigenvalue weighted by Crippen LogP contribution is -2.33. The first kappa shape index (κ1) is 21.3. The number of nitrogens with zero attached hydrogens (tertiary/aromatic N) is 2. The molecule has 2 fully saturated rings. The lowest BCUT2D eigenvalue weighted by molar-refractivity contribution is -0.131. The van der Waals surface area contributed by atoms with E-state index in [-0.39, 0.29) is 5.91 Å². The molecule has 1 aliphatic carbocycles. The van der Waals surface area contributed by atoms with Crippen molar-refractivity contribution in [2.75, 3.05) is 26.2 Å². The van der Waals surface area contributed by atoms with Gasteiger partial charge in [0.15, 0.2) is 0 Å². The van der Waals surface area contributed by atoms with Crippen LogP contribution >= 0.6 is 0 Å². The van der Waals surface area contributed by atoms with Crippen LogP contribution in [0.5, 0.6) is 0 Å². The van der Waals surface area contributed by atoms with E-state index in [2.05, 4.69) is 6.92 Å². The minimum absolute atomic E-state index is 0.218. The van der Waals surface area contributed by atoms with E-state index in [1.165, 1.54) is 12.8 Å². The molecule has 5 nitrogen and oxygen atoms in total. The van der Waals surface area contributed by atoms with E-state index >= 15 is 0 Å². The van der Waals surface area contributed by atoms with Crippen LogP contribution in [0.3, 0.4) is 0 Å². The van der Waals surface area contributed by atoms with Crippen LogP contribution < -0.4 is 0 Å². The van der Waals surface area contributed by atoms with E-state index in [1.54, 1.807) is 16.4 Å². The SMILES string of the molecule is CCCN(CC1CC1)C(=O)CCc1ccc(S(=O)(=O)N2CCCCCC2)cc1. The van der Waals surface area contributed by atoms with Crippen LogP contribution in [-0.4, -0.2) is 49.7 Å². The van der Waals surface area contributed by atoms with Crippen LogP contribution in [-0.2, 0) is 21.2 Å². The number of aryl methyl sites for hydroxylation is 1. The Kier molecular flexibility index (Phi) is 7.52. The Bertz CT molecular complexity index is 734. The number of benzene rings is 1. The fourth-order valence-electron chi connectivity index (χ4n) is 3.87. The Labute approximate surface area is 170 Å².